The fourth-order valence-electron chi connectivity index (χ4n) is 3.46. The predicted molar refractivity (Wildman–Crippen MR) is 128 cm³/mol. The third-order valence-corrected chi connectivity index (χ3v) is 5.34. The van der Waals surface area contributed by atoms with E-state index in [1.807, 2.05) is 24.3 Å². The molecular formula is C27H41NO2. The predicted octanol–water partition coefficient (Wildman–Crippen LogP) is 7.41. The molecule has 1 rings (SSSR count). The zero-order valence-electron chi connectivity index (χ0n) is 18.9. The van der Waals surface area contributed by atoms with Crippen LogP contribution in [-0.4, -0.2) is 11.7 Å². The van der Waals surface area contributed by atoms with Gasteiger partial charge in [0.05, 0.1) is 0 Å². The molecule has 0 bridgehead atoms. The fourth-order valence-corrected chi connectivity index (χ4v) is 3.46. The first-order valence-electron chi connectivity index (χ1n) is 11.9. The van der Waals surface area contributed by atoms with E-state index in [0.717, 1.165) is 24.0 Å². The van der Waals surface area contributed by atoms with Crippen molar-refractivity contribution < 1.29 is 9.59 Å². The SMILES string of the molecule is CCCCCCCC/C=C\CCCCCCCC(=O)c1ccc(C=CC(N)=O)cc1. The van der Waals surface area contributed by atoms with Gasteiger partial charge in [0.15, 0.2) is 5.78 Å². The van der Waals surface area contributed by atoms with Gasteiger partial charge in [-0.3, -0.25) is 9.59 Å². The molecule has 0 spiro atoms. The lowest BCUT2D eigenvalue weighted by atomic mass is 10.0. The number of hydrogen-bond acceptors (Lipinski definition) is 2. The molecule has 0 saturated heterocycles. The Morgan fingerprint density at radius 1 is 0.767 bits per heavy atom. The van der Waals surface area contributed by atoms with E-state index in [4.69, 9.17) is 5.73 Å². The maximum Gasteiger partial charge on any atom is 0.241 e. The molecule has 1 amide bonds. The van der Waals surface area contributed by atoms with Crippen LogP contribution in [0, 0.1) is 0 Å². The van der Waals surface area contributed by atoms with Gasteiger partial charge < -0.3 is 5.73 Å². The molecule has 0 aliphatic heterocycles. The van der Waals surface area contributed by atoms with Crippen molar-refractivity contribution in [3.8, 4) is 0 Å². The molecule has 0 fully saturated rings. The zero-order valence-corrected chi connectivity index (χ0v) is 18.9. The minimum Gasteiger partial charge on any atom is -0.366 e. The van der Waals surface area contributed by atoms with Crippen molar-refractivity contribution in [1.82, 2.24) is 0 Å². The van der Waals surface area contributed by atoms with Crippen LogP contribution in [0.25, 0.3) is 6.08 Å². The summed E-state index contributed by atoms with van der Waals surface area (Å²) in [6.45, 7) is 2.26. The number of primary amides is 1. The van der Waals surface area contributed by atoms with Crippen LogP contribution in [0.3, 0.4) is 0 Å². The number of hydrogen-bond donors (Lipinski definition) is 1. The fraction of sp³-hybridized carbons (Fsp3) is 0.556. The Morgan fingerprint density at radius 3 is 1.87 bits per heavy atom. The van der Waals surface area contributed by atoms with Gasteiger partial charge in [0, 0.05) is 18.1 Å². The number of ketones is 1. The second-order valence-electron chi connectivity index (χ2n) is 8.12. The number of benzene rings is 1. The van der Waals surface area contributed by atoms with E-state index >= 15 is 0 Å². The summed E-state index contributed by atoms with van der Waals surface area (Å²) in [5, 5.41) is 0. The minimum absolute atomic E-state index is 0.193. The van der Waals surface area contributed by atoms with Gasteiger partial charge in [-0.25, -0.2) is 0 Å². The van der Waals surface area contributed by atoms with Gasteiger partial charge in [0.25, 0.3) is 0 Å². The Bertz CT molecular complexity index is 643. The third kappa shape index (κ3) is 13.9. The smallest absolute Gasteiger partial charge is 0.241 e. The first-order chi connectivity index (χ1) is 14.6. The summed E-state index contributed by atoms with van der Waals surface area (Å²) in [4.78, 5) is 23.0. The van der Waals surface area contributed by atoms with E-state index in [1.54, 1.807) is 6.08 Å². The molecule has 166 valence electrons. The van der Waals surface area contributed by atoms with Crippen molar-refractivity contribution in [3.63, 3.8) is 0 Å². The summed E-state index contributed by atoms with van der Waals surface area (Å²) in [6.07, 6.45) is 24.7. The Hall–Kier alpha value is -2.16. The largest absolute Gasteiger partial charge is 0.366 e. The van der Waals surface area contributed by atoms with E-state index in [9.17, 15) is 9.59 Å². The maximum atomic E-state index is 12.3. The van der Waals surface area contributed by atoms with Gasteiger partial charge in [0.1, 0.15) is 0 Å². The van der Waals surface area contributed by atoms with Crippen molar-refractivity contribution in [2.24, 2.45) is 5.73 Å². The molecule has 3 nitrogen and oxygen atoms in total. The number of amides is 1. The molecule has 0 heterocycles. The molecule has 0 aliphatic rings. The second-order valence-corrected chi connectivity index (χ2v) is 8.12. The Labute approximate surface area is 183 Å². The van der Waals surface area contributed by atoms with E-state index in [1.165, 1.54) is 76.7 Å². The summed E-state index contributed by atoms with van der Waals surface area (Å²) >= 11 is 0. The number of carbonyl (C=O) groups is 2. The van der Waals surface area contributed by atoms with Gasteiger partial charge in [-0.05, 0) is 43.7 Å². The van der Waals surface area contributed by atoms with E-state index in [0.29, 0.717) is 6.42 Å². The molecule has 0 aliphatic carbocycles. The normalized spacial score (nSPS) is 11.5. The molecule has 0 atom stereocenters. The molecule has 30 heavy (non-hydrogen) atoms. The number of carbonyl (C=O) groups excluding carboxylic acids is 2. The molecule has 1 aromatic carbocycles. The molecule has 0 aromatic heterocycles. The molecule has 3 heteroatoms. The molecule has 0 saturated carbocycles. The number of unbranched alkanes of at least 4 members (excludes halogenated alkanes) is 11. The van der Waals surface area contributed by atoms with Gasteiger partial charge in [-0.2, -0.15) is 0 Å². The number of Topliss-reactive ketones (excluding diaryl/α,β-unsaturated/α-hetero) is 1. The van der Waals surface area contributed by atoms with Gasteiger partial charge in [-0.1, -0.05) is 94.7 Å². The highest BCUT2D eigenvalue weighted by Gasteiger charge is 2.05. The van der Waals surface area contributed by atoms with E-state index in [2.05, 4.69) is 19.1 Å². The van der Waals surface area contributed by atoms with Crippen molar-refractivity contribution in [1.29, 1.82) is 0 Å². The van der Waals surface area contributed by atoms with Crippen LogP contribution in [0.15, 0.2) is 42.5 Å². The van der Waals surface area contributed by atoms with Crippen LogP contribution in [0.5, 0.6) is 0 Å². The van der Waals surface area contributed by atoms with Crippen molar-refractivity contribution >= 4 is 17.8 Å². The lowest BCUT2D eigenvalue weighted by Gasteiger charge is -2.03. The lowest BCUT2D eigenvalue weighted by molar-refractivity contribution is -0.113. The topological polar surface area (TPSA) is 60.2 Å². The lowest BCUT2D eigenvalue weighted by Crippen LogP contribution is -2.05. The molecule has 2 N–H and O–H groups in total. The van der Waals surface area contributed by atoms with Gasteiger partial charge in [-0.15, -0.1) is 0 Å². The Balaban J connectivity index is 2.00. The highest BCUT2D eigenvalue weighted by atomic mass is 16.1. The Kier molecular flexibility index (Phi) is 15.2. The number of allylic oxidation sites excluding steroid dienone is 2. The standard InChI is InChI=1S/C27H41NO2/c1-2-3-4-5-6-7-8-9-10-11-12-13-14-15-16-17-26(29)25-21-18-24(19-22-25)20-23-27(28)30/h9-10,18-23H,2-8,11-17H2,1H3,(H2,28,30)/b10-9-,23-20?. The summed E-state index contributed by atoms with van der Waals surface area (Å²) in [5.74, 6) is -0.280. The average molecular weight is 412 g/mol. The van der Waals surface area contributed by atoms with Crippen LogP contribution < -0.4 is 5.73 Å². The Morgan fingerprint density at radius 2 is 1.30 bits per heavy atom. The van der Waals surface area contributed by atoms with E-state index in [-0.39, 0.29) is 5.78 Å². The van der Waals surface area contributed by atoms with Crippen LogP contribution in [0.4, 0.5) is 0 Å². The summed E-state index contributed by atoms with van der Waals surface area (Å²) < 4.78 is 0. The molecule has 0 radical (unpaired) electrons. The average Bonchev–Trinajstić information content (AvgIpc) is 2.75. The highest BCUT2D eigenvalue weighted by Crippen LogP contribution is 2.13. The van der Waals surface area contributed by atoms with Crippen molar-refractivity contribution in [2.45, 2.75) is 96.8 Å². The zero-order chi connectivity index (χ0) is 21.9. The number of rotatable bonds is 18. The monoisotopic (exact) mass is 411 g/mol. The van der Waals surface area contributed by atoms with E-state index < -0.39 is 5.91 Å². The van der Waals surface area contributed by atoms with Gasteiger partial charge >= 0.3 is 0 Å². The highest BCUT2D eigenvalue weighted by molar-refractivity contribution is 5.96. The van der Waals surface area contributed by atoms with Gasteiger partial charge in [0.2, 0.25) is 5.91 Å². The summed E-state index contributed by atoms with van der Waals surface area (Å²) in [6, 6.07) is 7.32. The first kappa shape index (κ1) is 25.9. The molecule has 0 unspecified atom stereocenters. The van der Waals surface area contributed by atoms with Crippen molar-refractivity contribution in [3.05, 3.63) is 53.6 Å². The maximum absolute atomic E-state index is 12.3. The number of nitrogens with two attached hydrogens (primary N) is 1. The third-order valence-electron chi connectivity index (χ3n) is 5.34. The quantitative estimate of drug-likeness (QED) is 0.118. The first-order valence-corrected chi connectivity index (χ1v) is 11.9. The van der Waals surface area contributed by atoms with Crippen LogP contribution in [0.2, 0.25) is 0 Å². The molecule has 1 aromatic rings. The second kappa shape index (κ2) is 17.7. The molecular weight excluding hydrogens is 370 g/mol. The van der Waals surface area contributed by atoms with Crippen LogP contribution >= 0.6 is 0 Å². The minimum atomic E-state index is -0.473. The van der Waals surface area contributed by atoms with Crippen LogP contribution in [-0.2, 0) is 4.79 Å². The van der Waals surface area contributed by atoms with Crippen molar-refractivity contribution in [2.75, 3.05) is 0 Å². The summed E-state index contributed by atoms with van der Waals surface area (Å²) in [5.41, 5.74) is 6.69. The summed E-state index contributed by atoms with van der Waals surface area (Å²) in [7, 11) is 0. The van der Waals surface area contributed by atoms with Crippen LogP contribution in [0.1, 0.15) is 113 Å².